The average molecular weight is 557 g/mol. The van der Waals surface area contributed by atoms with Gasteiger partial charge in [0.25, 0.3) is 10.1 Å². The van der Waals surface area contributed by atoms with Gasteiger partial charge < -0.3 is 7.80 Å². The molecule has 0 saturated heterocycles. The Morgan fingerprint density at radius 3 is 1.86 bits per heavy atom. The molecule has 1 unspecified atom stereocenters. The molecule has 0 fully saturated rings. The minimum Gasteiger partial charge on any atom is -0.464 e. The summed E-state index contributed by atoms with van der Waals surface area (Å²) in [6, 6.07) is 0. The largest absolute Gasteiger partial charge is 1.00 e. The fourth-order valence-corrected chi connectivity index (χ4v) is 4.17. The summed E-state index contributed by atoms with van der Waals surface area (Å²) in [6.07, 6.45) is 9.16. The number of ether oxygens (including phenoxy) is 1. The van der Waals surface area contributed by atoms with E-state index in [0.717, 1.165) is 32.1 Å². The van der Waals surface area contributed by atoms with Gasteiger partial charge in [0.15, 0.2) is 23.0 Å². The SMILES string of the molecule is CCCCCCCCCCC(CC(=O)OI)(C(=O)OCCCCC)S(=O)(=O)O.[Na+]. The molecule has 0 heterocycles. The Kier molecular flexibility index (Phi) is 19.9. The van der Waals surface area contributed by atoms with Crippen LogP contribution in [-0.4, -0.2) is 36.3 Å². The van der Waals surface area contributed by atoms with Crippen LogP contribution in [0.4, 0.5) is 0 Å². The number of esters is 1. The van der Waals surface area contributed by atoms with Crippen molar-refractivity contribution in [1.29, 1.82) is 0 Å². The van der Waals surface area contributed by atoms with Gasteiger partial charge in [0.2, 0.25) is 4.75 Å². The number of unbranched alkanes of at least 4 members (excludes halogenated alkanes) is 9. The van der Waals surface area contributed by atoms with E-state index in [1.165, 1.54) is 42.3 Å². The van der Waals surface area contributed by atoms with E-state index in [0.29, 0.717) is 19.3 Å². The zero-order valence-corrected chi connectivity index (χ0v) is 23.1. The molecule has 0 radical (unpaired) electrons. The second-order valence-corrected chi connectivity index (χ2v) is 9.34. The normalized spacial score (nSPS) is 13.2. The van der Waals surface area contributed by atoms with Gasteiger partial charge in [0.05, 0.1) is 13.0 Å². The van der Waals surface area contributed by atoms with E-state index in [1.54, 1.807) is 0 Å². The van der Waals surface area contributed by atoms with Crippen LogP contribution < -0.4 is 29.6 Å². The molecular weight excluding hydrogens is 522 g/mol. The molecule has 29 heavy (non-hydrogen) atoms. The summed E-state index contributed by atoms with van der Waals surface area (Å²) < 4.78 is 41.4. The fourth-order valence-electron chi connectivity index (χ4n) is 3.04. The van der Waals surface area contributed by atoms with Crippen molar-refractivity contribution in [1.82, 2.24) is 0 Å². The second kappa shape index (κ2) is 18.2. The third-order valence-corrected chi connectivity index (χ3v) is 6.79. The van der Waals surface area contributed by atoms with Crippen LogP contribution in [0.2, 0.25) is 0 Å². The van der Waals surface area contributed by atoms with Crippen LogP contribution in [0.3, 0.4) is 0 Å². The Morgan fingerprint density at radius 1 is 0.897 bits per heavy atom. The Labute approximate surface area is 212 Å². The first-order valence-corrected chi connectivity index (χ1v) is 12.5. The third kappa shape index (κ3) is 12.9. The zero-order valence-electron chi connectivity index (χ0n) is 18.1. The number of hydrogen-bond donors (Lipinski definition) is 1. The molecule has 0 amide bonds. The predicted molar refractivity (Wildman–Crippen MR) is 117 cm³/mol. The summed E-state index contributed by atoms with van der Waals surface area (Å²) in [5, 5.41) is 0. The minimum atomic E-state index is -4.86. The Bertz CT molecular complexity index is 557. The van der Waals surface area contributed by atoms with Crippen molar-refractivity contribution in [3.8, 4) is 0 Å². The van der Waals surface area contributed by atoms with Gasteiger partial charge >= 0.3 is 41.5 Å². The van der Waals surface area contributed by atoms with Gasteiger partial charge in [-0.3, -0.25) is 14.1 Å². The number of carbonyl (C=O) groups is 2. The number of halogens is 1. The van der Waals surface area contributed by atoms with Gasteiger partial charge in [-0.05, 0) is 12.8 Å². The molecule has 0 aliphatic rings. The minimum absolute atomic E-state index is 0. The van der Waals surface area contributed by atoms with Crippen molar-refractivity contribution in [2.24, 2.45) is 0 Å². The van der Waals surface area contributed by atoms with Crippen molar-refractivity contribution in [2.45, 2.75) is 102 Å². The molecule has 166 valence electrons. The van der Waals surface area contributed by atoms with Crippen LogP contribution in [0.15, 0.2) is 0 Å². The number of hydrogen-bond acceptors (Lipinski definition) is 6. The van der Waals surface area contributed by atoms with Gasteiger partial charge in [-0.15, -0.1) is 0 Å². The summed E-state index contributed by atoms with van der Waals surface area (Å²) >= 11 is 1.33. The van der Waals surface area contributed by atoms with Crippen LogP contribution in [-0.2, 0) is 27.5 Å². The van der Waals surface area contributed by atoms with Crippen LogP contribution in [0.25, 0.3) is 0 Å². The van der Waals surface area contributed by atoms with E-state index < -0.39 is 33.2 Å². The smallest absolute Gasteiger partial charge is 0.464 e. The molecule has 0 aliphatic heterocycles. The first kappa shape index (κ1) is 31.8. The van der Waals surface area contributed by atoms with E-state index in [-0.39, 0.29) is 42.6 Å². The van der Waals surface area contributed by atoms with Gasteiger partial charge in [-0.2, -0.15) is 8.42 Å². The first-order chi connectivity index (χ1) is 13.2. The average Bonchev–Trinajstić information content (AvgIpc) is 2.64. The van der Waals surface area contributed by atoms with E-state index in [9.17, 15) is 22.6 Å². The van der Waals surface area contributed by atoms with Crippen LogP contribution in [0.5, 0.6) is 0 Å². The van der Waals surface area contributed by atoms with Crippen molar-refractivity contribution in [2.75, 3.05) is 6.61 Å². The van der Waals surface area contributed by atoms with Gasteiger partial charge in [-0.1, -0.05) is 78.1 Å². The second-order valence-electron chi connectivity index (χ2n) is 7.16. The molecule has 1 atom stereocenters. The van der Waals surface area contributed by atoms with Crippen molar-refractivity contribution < 1.29 is 59.9 Å². The summed E-state index contributed by atoms with van der Waals surface area (Å²) in [5.74, 6) is -1.96. The van der Waals surface area contributed by atoms with Crippen LogP contribution in [0.1, 0.15) is 97.3 Å². The standard InChI is InChI=1S/C19H35IO7S.Na/c1-3-5-7-8-9-10-11-12-14-19(28(23,24)25,16-17(21)27-20)18(22)26-15-13-6-4-2;/h3-16H2,1-2H3,(H,23,24,25);/q;+1. The van der Waals surface area contributed by atoms with E-state index in [2.05, 4.69) is 9.99 Å². The molecule has 0 bridgehead atoms. The van der Waals surface area contributed by atoms with Crippen LogP contribution in [0, 0.1) is 0 Å². The summed E-state index contributed by atoms with van der Waals surface area (Å²) in [5.41, 5.74) is 0. The molecule has 0 aliphatic carbocycles. The van der Waals surface area contributed by atoms with Gasteiger partial charge in [-0.25, -0.2) is 0 Å². The fraction of sp³-hybridized carbons (Fsp3) is 0.895. The van der Waals surface area contributed by atoms with E-state index >= 15 is 0 Å². The molecule has 0 aromatic rings. The Morgan fingerprint density at radius 2 is 1.38 bits per heavy atom. The maximum Gasteiger partial charge on any atom is 1.00 e. The molecule has 0 saturated carbocycles. The maximum atomic E-state index is 12.6. The molecule has 7 nitrogen and oxygen atoms in total. The maximum absolute atomic E-state index is 12.6. The molecule has 0 rings (SSSR count). The van der Waals surface area contributed by atoms with Crippen molar-refractivity contribution in [3.63, 3.8) is 0 Å². The molecule has 0 spiro atoms. The summed E-state index contributed by atoms with van der Waals surface area (Å²) in [7, 11) is -4.86. The Hall–Kier alpha value is 0.580. The molecule has 0 aromatic carbocycles. The van der Waals surface area contributed by atoms with Crippen LogP contribution >= 0.6 is 23.0 Å². The van der Waals surface area contributed by atoms with E-state index in [1.807, 2.05) is 6.92 Å². The molecule has 10 heteroatoms. The topological polar surface area (TPSA) is 107 Å². The summed E-state index contributed by atoms with van der Waals surface area (Å²) in [4.78, 5) is 24.4. The monoisotopic (exact) mass is 557 g/mol. The number of rotatable bonds is 17. The first-order valence-electron chi connectivity index (χ1n) is 10.2. The van der Waals surface area contributed by atoms with Gasteiger partial charge in [0, 0.05) is 0 Å². The third-order valence-electron chi connectivity index (χ3n) is 4.80. The van der Waals surface area contributed by atoms with E-state index in [4.69, 9.17) is 4.74 Å². The van der Waals surface area contributed by atoms with Crippen molar-refractivity contribution in [3.05, 3.63) is 0 Å². The summed E-state index contributed by atoms with van der Waals surface area (Å²) in [6.45, 7) is 4.20. The molecule has 1 N–H and O–H groups in total. The Balaban J connectivity index is 0. The predicted octanol–water partition coefficient (Wildman–Crippen LogP) is 2.16. The number of carbonyl (C=O) groups excluding carboxylic acids is 2. The quantitative estimate of drug-likeness (QED) is 0.0961. The zero-order chi connectivity index (χ0) is 21.5. The molecule has 0 aromatic heterocycles. The van der Waals surface area contributed by atoms with Gasteiger partial charge in [0.1, 0.15) is 0 Å². The molecular formula is C19H35INaO7S+. The van der Waals surface area contributed by atoms with Crippen molar-refractivity contribution >= 4 is 45.1 Å².